The molecule has 0 spiro atoms. The number of amides is 1. The Bertz CT molecular complexity index is 527. The topological polar surface area (TPSA) is 49.8 Å². The first kappa shape index (κ1) is 14.2. The quantitative estimate of drug-likeness (QED) is 0.909. The minimum absolute atomic E-state index is 0.0405. The predicted molar refractivity (Wildman–Crippen MR) is 80.7 cm³/mol. The van der Waals surface area contributed by atoms with Crippen LogP contribution in [0.1, 0.15) is 48.9 Å². The smallest absolute Gasteiger partial charge is 0.258 e. The van der Waals surface area contributed by atoms with Gasteiger partial charge < -0.3 is 14.7 Å². The van der Waals surface area contributed by atoms with E-state index in [0.717, 1.165) is 19.4 Å². The van der Waals surface area contributed by atoms with E-state index in [4.69, 9.17) is 4.74 Å². The molecule has 1 aromatic rings. The molecular formula is C17H23NO3. The number of aromatic hydroxyl groups is 1. The van der Waals surface area contributed by atoms with Gasteiger partial charge in [0.25, 0.3) is 5.91 Å². The molecule has 1 aliphatic heterocycles. The number of fused-ring (bicyclic) bond motifs is 1. The van der Waals surface area contributed by atoms with Crippen molar-refractivity contribution in [3.8, 4) is 11.5 Å². The monoisotopic (exact) mass is 289 g/mol. The molecule has 114 valence electrons. The van der Waals surface area contributed by atoms with E-state index in [2.05, 4.69) is 0 Å². The minimum Gasteiger partial charge on any atom is -0.507 e. The van der Waals surface area contributed by atoms with Gasteiger partial charge in [0.05, 0.1) is 12.7 Å². The van der Waals surface area contributed by atoms with Crippen LogP contribution in [0.15, 0.2) is 18.2 Å². The van der Waals surface area contributed by atoms with Crippen molar-refractivity contribution >= 4 is 5.91 Å². The number of likely N-dealkylation sites (tertiary alicyclic amines) is 1. The maximum atomic E-state index is 12.9. The van der Waals surface area contributed by atoms with Crippen LogP contribution in [0.4, 0.5) is 0 Å². The van der Waals surface area contributed by atoms with Crippen LogP contribution in [0.2, 0.25) is 0 Å². The molecule has 2 aliphatic rings. The van der Waals surface area contributed by atoms with Crippen molar-refractivity contribution in [1.29, 1.82) is 0 Å². The largest absolute Gasteiger partial charge is 0.507 e. The molecule has 1 aliphatic carbocycles. The van der Waals surface area contributed by atoms with E-state index < -0.39 is 0 Å². The van der Waals surface area contributed by atoms with Crippen LogP contribution in [0, 0.1) is 5.92 Å². The van der Waals surface area contributed by atoms with Crippen LogP contribution in [-0.4, -0.2) is 35.6 Å². The zero-order chi connectivity index (χ0) is 14.8. The first-order valence-corrected chi connectivity index (χ1v) is 7.88. The van der Waals surface area contributed by atoms with Crippen molar-refractivity contribution in [3.05, 3.63) is 23.8 Å². The maximum absolute atomic E-state index is 12.9. The molecule has 2 fully saturated rings. The number of rotatable bonds is 2. The van der Waals surface area contributed by atoms with E-state index in [1.165, 1.54) is 31.7 Å². The zero-order valence-electron chi connectivity index (χ0n) is 12.5. The van der Waals surface area contributed by atoms with Gasteiger partial charge in [-0.25, -0.2) is 0 Å². The first-order chi connectivity index (χ1) is 10.2. The standard InChI is InChI=1S/C17H23NO3/c1-21-13-8-9-16(19)14(11-13)17(20)18-10-4-6-12-5-2-3-7-15(12)18/h8-9,11-12,15,19H,2-7,10H2,1H3/t12-,15-/m1/s1. The van der Waals surface area contributed by atoms with Gasteiger partial charge in [-0.1, -0.05) is 12.8 Å². The van der Waals surface area contributed by atoms with E-state index in [1.54, 1.807) is 19.2 Å². The highest BCUT2D eigenvalue weighted by atomic mass is 16.5. The Kier molecular flexibility index (Phi) is 4.04. The highest BCUT2D eigenvalue weighted by molar-refractivity contribution is 5.97. The van der Waals surface area contributed by atoms with Crippen LogP contribution in [0.5, 0.6) is 11.5 Å². The molecule has 1 heterocycles. The predicted octanol–water partition coefficient (Wildman–Crippen LogP) is 3.20. The molecule has 4 nitrogen and oxygen atoms in total. The number of methoxy groups -OCH3 is 1. The molecule has 1 saturated carbocycles. The summed E-state index contributed by atoms with van der Waals surface area (Å²) < 4.78 is 5.17. The molecule has 0 unspecified atom stereocenters. The maximum Gasteiger partial charge on any atom is 0.258 e. The van der Waals surface area contributed by atoms with Gasteiger partial charge in [0, 0.05) is 12.6 Å². The lowest BCUT2D eigenvalue weighted by Gasteiger charge is -2.44. The SMILES string of the molecule is COc1ccc(O)c(C(=O)N2CCC[C@H]3CCCC[C@H]32)c1. The summed E-state index contributed by atoms with van der Waals surface area (Å²) in [4.78, 5) is 14.8. The molecule has 0 radical (unpaired) electrons. The minimum atomic E-state index is -0.0528. The molecule has 1 saturated heterocycles. The Morgan fingerprint density at radius 3 is 2.81 bits per heavy atom. The van der Waals surface area contributed by atoms with Gasteiger partial charge in [0.2, 0.25) is 0 Å². The summed E-state index contributed by atoms with van der Waals surface area (Å²) in [6.07, 6.45) is 7.12. The fourth-order valence-corrected chi connectivity index (χ4v) is 3.85. The summed E-state index contributed by atoms with van der Waals surface area (Å²) in [5, 5.41) is 10.0. The fourth-order valence-electron chi connectivity index (χ4n) is 3.85. The lowest BCUT2D eigenvalue weighted by molar-refractivity contribution is 0.0388. The number of benzene rings is 1. The van der Waals surface area contributed by atoms with E-state index in [9.17, 15) is 9.90 Å². The summed E-state index contributed by atoms with van der Waals surface area (Å²) in [6.45, 7) is 0.802. The second kappa shape index (κ2) is 5.96. The van der Waals surface area contributed by atoms with Crippen LogP contribution >= 0.6 is 0 Å². The van der Waals surface area contributed by atoms with Crippen molar-refractivity contribution in [3.63, 3.8) is 0 Å². The Morgan fingerprint density at radius 1 is 1.24 bits per heavy atom. The molecule has 2 atom stereocenters. The van der Waals surface area contributed by atoms with Crippen LogP contribution in [0.3, 0.4) is 0 Å². The van der Waals surface area contributed by atoms with Crippen LogP contribution in [0.25, 0.3) is 0 Å². The van der Waals surface area contributed by atoms with Crippen LogP contribution < -0.4 is 4.74 Å². The van der Waals surface area contributed by atoms with Crippen molar-refractivity contribution in [1.82, 2.24) is 4.90 Å². The molecule has 1 N–H and O–H groups in total. The van der Waals surface area contributed by atoms with Gasteiger partial charge in [-0.3, -0.25) is 4.79 Å². The van der Waals surface area contributed by atoms with Gasteiger partial charge >= 0.3 is 0 Å². The second-order valence-electron chi connectivity index (χ2n) is 6.14. The average Bonchev–Trinajstić information content (AvgIpc) is 2.54. The van der Waals surface area contributed by atoms with Crippen molar-refractivity contribution in [2.75, 3.05) is 13.7 Å². The van der Waals surface area contributed by atoms with Crippen molar-refractivity contribution in [2.24, 2.45) is 5.92 Å². The molecule has 4 heteroatoms. The highest BCUT2D eigenvalue weighted by Gasteiger charge is 2.36. The third-order valence-corrected chi connectivity index (χ3v) is 4.94. The summed E-state index contributed by atoms with van der Waals surface area (Å²) in [5.41, 5.74) is 0.362. The summed E-state index contributed by atoms with van der Waals surface area (Å²) in [7, 11) is 1.57. The van der Waals surface area contributed by atoms with E-state index in [0.29, 0.717) is 23.3 Å². The Balaban J connectivity index is 1.86. The lowest BCUT2D eigenvalue weighted by atomic mass is 9.78. The number of carbonyl (C=O) groups excluding carboxylic acids is 1. The number of phenolic OH excluding ortho intramolecular Hbond substituents is 1. The molecule has 1 amide bonds. The number of piperidine rings is 1. The molecular weight excluding hydrogens is 266 g/mol. The van der Waals surface area contributed by atoms with E-state index in [1.807, 2.05) is 4.90 Å². The third-order valence-electron chi connectivity index (χ3n) is 4.94. The summed E-state index contributed by atoms with van der Waals surface area (Å²) in [5.74, 6) is 1.24. The van der Waals surface area contributed by atoms with Gasteiger partial charge in [-0.2, -0.15) is 0 Å². The number of nitrogens with zero attached hydrogens (tertiary/aromatic N) is 1. The molecule has 21 heavy (non-hydrogen) atoms. The average molecular weight is 289 g/mol. The Morgan fingerprint density at radius 2 is 2.00 bits per heavy atom. The number of hydrogen-bond acceptors (Lipinski definition) is 3. The first-order valence-electron chi connectivity index (χ1n) is 7.88. The second-order valence-corrected chi connectivity index (χ2v) is 6.14. The van der Waals surface area contributed by atoms with Gasteiger partial charge in [-0.15, -0.1) is 0 Å². The van der Waals surface area contributed by atoms with Crippen molar-refractivity contribution in [2.45, 2.75) is 44.6 Å². The zero-order valence-corrected chi connectivity index (χ0v) is 12.5. The van der Waals surface area contributed by atoms with E-state index in [-0.39, 0.29) is 11.7 Å². The fraction of sp³-hybridized carbons (Fsp3) is 0.588. The molecule has 1 aromatic carbocycles. The number of hydrogen-bond donors (Lipinski definition) is 1. The van der Waals surface area contributed by atoms with E-state index >= 15 is 0 Å². The van der Waals surface area contributed by atoms with Crippen molar-refractivity contribution < 1.29 is 14.6 Å². The Hall–Kier alpha value is -1.71. The van der Waals surface area contributed by atoms with Gasteiger partial charge in [0.15, 0.2) is 0 Å². The summed E-state index contributed by atoms with van der Waals surface area (Å²) in [6, 6.07) is 5.20. The van der Waals surface area contributed by atoms with Crippen LogP contribution in [-0.2, 0) is 0 Å². The number of phenols is 1. The molecule has 0 bridgehead atoms. The number of ether oxygens (including phenoxy) is 1. The third kappa shape index (κ3) is 2.71. The summed E-state index contributed by atoms with van der Waals surface area (Å²) >= 11 is 0. The lowest BCUT2D eigenvalue weighted by Crippen LogP contribution is -2.49. The van der Waals surface area contributed by atoms with Gasteiger partial charge in [0.1, 0.15) is 11.5 Å². The Labute approximate surface area is 125 Å². The molecule has 0 aromatic heterocycles. The normalized spacial score (nSPS) is 25.3. The highest BCUT2D eigenvalue weighted by Crippen LogP contribution is 2.37. The number of carbonyl (C=O) groups is 1. The van der Waals surface area contributed by atoms with Gasteiger partial charge in [-0.05, 0) is 49.8 Å². The molecule has 3 rings (SSSR count).